The molecule has 0 aromatic carbocycles. The Morgan fingerprint density at radius 3 is 2.62 bits per heavy atom. The number of rotatable bonds is 7. The van der Waals surface area contributed by atoms with Crippen molar-refractivity contribution >= 4 is 12.0 Å². The van der Waals surface area contributed by atoms with Gasteiger partial charge in [0.25, 0.3) is 0 Å². The number of amides is 2. The van der Waals surface area contributed by atoms with Crippen LogP contribution in [0.4, 0.5) is 4.79 Å². The Kier molecular flexibility index (Phi) is 6.65. The number of nitrogens with zero attached hydrogens (tertiary/aromatic N) is 1. The van der Waals surface area contributed by atoms with Crippen LogP contribution in [0.3, 0.4) is 0 Å². The summed E-state index contributed by atoms with van der Waals surface area (Å²) in [5, 5.41) is 14.3. The van der Waals surface area contributed by atoms with Gasteiger partial charge in [0.2, 0.25) is 0 Å². The highest BCUT2D eigenvalue weighted by molar-refractivity contribution is 5.75. The van der Waals surface area contributed by atoms with Gasteiger partial charge in [0, 0.05) is 12.7 Å². The van der Waals surface area contributed by atoms with Crippen molar-refractivity contribution in [3.8, 4) is 0 Å². The molecule has 1 aromatic heterocycles. The summed E-state index contributed by atoms with van der Waals surface area (Å²) in [4.78, 5) is 27.0. The van der Waals surface area contributed by atoms with Gasteiger partial charge in [0.1, 0.15) is 0 Å². The highest BCUT2D eigenvalue weighted by atomic mass is 16.4. The SMILES string of the molecule is CCc1cccnc1CNC(=O)NCC(C(=O)O)C(C)C. The van der Waals surface area contributed by atoms with Gasteiger partial charge in [-0.2, -0.15) is 0 Å². The Bertz CT molecular complexity index is 489. The number of carboxylic acid groups (broad SMARTS) is 1. The van der Waals surface area contributed by atoms with E-state index < -0.39 is 11.9 Å². The fourth-order valence-corrected chi connectivity index (χ4v) is 1.99. The third-order valence-corrected chi connectivity index (χ3v) is 3.39. The van der Waals surface area contributed by atoms with Gasteiger partial charge in [0.15, 0.2) is 0 Å². The number of aryl methyl sites for hydroxylation is 1. The monoisotopic (exact) mass is 293 g/mol. The predicted molar refractivity (Wildman–Crippen MR) is 79.8 cm³/mol. The standard InChI is InChI=1S/C15H23N3O3/c1-4-11-6-5-7-16-13(11)9-18-15(21)17-8-12(10(2)3)14(19)20/h5-7,10,12H,4,8-9H2,1-3H3,(H,19,20)(H2,17,18,21). The third kappa shape index (κ3) is 5.41. The summed E-state index contributed by atoms with van der Waals surface area (Å²) in [6, 6.07) is 3.46. The van der Waals surface area contributed by atoms with Crippen molar-refractivity contribution in [2.45, 2.75) is 33.7 Å². The van der Waals surface area contributed by atoms with E-state index >= 15 is 0 Å². The molecule has 6 heteroatoms. The molecule has 1 atom stereocenters. The van der Waals surface area contributed by atoms with E-state index in [0.29, 0.717) is 6.54 Å². The quantitative estimate of drug-likeness (QED) is 0.715. The zero-order chi connectivity index (χ0) is 15.8. The summed E-state index contributed by atoms with van der Waals surface area (Å²) < 4.78 is 0. The van der Waals surface area contributed by atoms with E-state index in [2.05, 4.69) is 15.6 Å². The number of urea groups is 1. The van der Waals surface area contributed by atoms with Gasteiger partial charge in [-0.25, -0.2) is 4.79 Å². The number of carbonyl (C=O) groups excluding carboxylic acids is 1. The minimum atomic E-state index is -0.900. The van der Waals surface area contributed by atoms with Crippen molar-refractivity contribution in [1.82, 2.24) is 15.6 Å². The fraction of sp³-hybridized carbons (Fsp3) is 0.533. The van der Waals surface area contributed by atoms with E-state index in [4.69, 9.17) is 5.11 Å². The van der Waals surface area contributed by atoms with Crippen LogP contribution >= 0.6 is 0 Å². The average Bonchev–Trinajstić information content (AvgIpc) is 2.44. The van der Waals surface area contributed by atoms with Crippen LogP contribution in [-0.4, -0.2) is 28.6 Å². The number of pyridine rings is 1. The number of carbonyl (C=O) groups is 2. The Morgan fingerprint density at radius 1 is 1.33 bits per heavy atom. The predicted octanol–water partition coefficient (Wildman–Crippen LogP) is 1.80. The van der Waals surface area contributed by atoms with Gasteiger partial charge >= 0.3 is 12.0 Å². The summed E-state index contributed by atoms with van der Waals surface area (Å²) in [5.41, 5.74) is 1.91. The lowest BCUT2D eigenvalue weighted by molar-refractivity contribution is -0.142. The van der Waals surface area contributed by atoms with Crippen LogP contribution in [0.25, 0.3) is 0 Å². The maximum Gasteiger partial charge on any atom is 0.315 e. The molecule has 3 N–H and O–H groups in total. The molecule has 1 aromatic rings. The maximum atomic E-state index is 11.7. The van der Waals surface area contributed by atoms with Crippen LogP contribution in [0, 0.1) is 11.8 Å². The zero-order valence-electron chi connectivity index (χ0n) is 12.7. The largest absolute Gasteiger partial charge is 0.481 e. The van der Waals surface area contributed by atoms with Gasteiger partial charge in [-0.1, -0.05) is 26.8 Å². The topological polar surface area (TPSA) is 91.3 Å². The summed E-state index contributed by atoms with van der Waals surface area (Å²) in [6.45, 7) is 6.11. The molecule has 0 bridgehead atoms. The molecule has 1 unspecified atom stereocenters. The number of hydrogen-bond acceptors (Lipinski definition) is 3. The summed E-state index contributed by atoms with van der Waals surface area (Å²) in [6.07, 6.45) is 2.54. The molecular weight excluding hydrogens is 270 g/mol. The fourth-order valence-electron chi connectivity index (χ4n) is 1.99. The van der Waals surface area contributed by atoms with Crippen molar-refractivity contribution < 1.29 is 14.7 Å². The third-order valence-electron chi connectivity index (χ3n) is 3.39. The molecule has 1 rings (SSSR count). The minimum Gasteiger partial charge on any atom is -0.481 e. The van der Waals surface area contributed by atoms with Crippen LogP contribution in [0.2, 0.25) is 0 Å². The normalized spacial score (nSPS) is 12.0. The molecule has 0 aliphatic carbocycles. The molecule has 0 saturated carbocycles. The zero-order valence-corrected chi connectivity index (χ0v) is 12.7. The van der Waals surface area contributed by atoms with Crippen LogP contribution in [0.1, 0.15) is 32.0 Å². The summed E-state index contributed by atoms with van der Waals surface area (Å²) in [7, 11) is 0. The highest BCUT2D eigenvalue weighted by Gasteiger charge is 2.21. The lowest BCUT2D eigenvalue weighted by Gasteiger charge is -2.17. The molecule has 21 heavy (non-hydrogen) atoms. The van der Waals surface area contributed by atoms with E-state index in [-0.39, 0.29) is 18.5 Å². The number of aliphatic carboxylic acids is 1. The summed E-state index contributed by atoms with van der Waals surface area (Å²) >= 11 is 0. The van der Waals surface area contributed by atoms with E-state index in [1.807, 2.05) is 32.9 Å². The van der Waals surface area contributed by atoms with Crippen LogP contribution in [-0.2, 0) is 17.8 Å². The lowest BCUT2D eigenvalue weighted by Crippen LogP contribution is -2.41. The first-order chi connectivity index (χ1) is 9.95. The molecule has 0 saturated heterocycles. The van der Waals surface area contributed by atoms with E-state index in [0.717, 1.165) is 17.7 Å². The summed E-state index contributed by atoms with van der Waals surface area (Å²) in [5.74, 6) is -1.52. The second-order valence-electron chi connectivity index (χ2n) is 5.22. The van der Waals surface area contributed by atoms with Gasteiger partial charge in [-0.15, -0.1) is 0 Å². The van der Waals surface area contributed by atoms with E-state index in [1.165, 1.54) is 0 Å². The molecule has 0 aliphatic heterocycles. The number of aromatic nitrogens is 1. The van der Waals surface area contributed by atoms with E-state index in [9.17, 15) is 9.59 Å². The van der Waals surface area contributed by atoms with Gasteiger partial charge in [-0.3, -0.25) is 9.78 Å². The molecule has 0 radical (unpaired) electrons. The van der Waals surface area contributed by atoms with Crippen LogP contribution in [0.5, 0.6) is 0 Å². The smallest absolute Gasteiger partial charge is 0.315 e. The molecule has 1 heterocycles. The first kappa shape index (κ1) is 16.9. The van der Waals surface area contributed by atoms with Gasteiger partial charge in [-0.05, 0) is 24.0 Å². The van der Waals surface area contributed by atoms with Crippen molar-refractivity contribution in [3.63, 3.8) is 0 Å². The molecule has 0 spiro atoms. The molecule has 6 nitrogen and oxygen atoms in total. The van der Waals surface area contributed by atoms with Crippen molar-refractivity contribution in [2.75, 3.05) is 6.54 Å². The maximum absolute atomic E-state index is 11.7. The number of hydrogen-bond donors (Lipinski definition) is 3. The lowest BCUT2D eigenvalue weighted by atomic mass is 9.96. The highest BCUT2D eigenvalue weighted by Crippen LogP contribution is 2.09. The Hall–Kier alpha value is -2.11. The Morgan fingerprint density at radius 2 is 2.05 bits per heavy atom. The minimum absolute atomic E-state index is 0.0368. The second-order valence-corrected chi connectivity index (χ2v) is 5.22. The molecular formula is C15H23N3O3. The van der Waals surface area contributed by atoms with Gasteiger partial charge in [0.05, 0.1) is 18.2 Å². The number of carboxylic acids is 1. The van der Waals surface area contributed by atoms with E-state index in [1.54, 1.807) is 6.20 Å². The molecule has 116 valence electrons. The molecule has 0 fully saturated rings. The molecule has 0 aliphatic rings. The number of nitrogens with one attached hydrogen (secondary N) is 2. The Balaban J connectivity index is 2.46. The van der Waals surface area contributed by atoms with Crippen LogP contribution < -0.4 is 10.6 Å². The van der Waals surface area contributed by atoms with Crippen molar-refractivity contribution in [2.24, 2.45) is 11.8 Å². The van der Waals surface area contributed by atoms with Crippen molar-refractivity contribution in [3.05, 3.63) is 29.6 Å². The second kappa shape index (κ2) is 8.24. The first-order valence-electron chi connectivity index (χ1n) is 7.13. The Labute approximate surface area is 125 Å². The molecule has 2 amide bonds. The average molecular weight is 293 g/mol. The van der Waals surface area contributed by atoms with Crippen molar-refractivity contribution in [1.29, 1.82) is 0 Å². The van der Waals surface area contributed by atoms with Crippen LogP contribution in [0.15, 0.2) is 18.3 Å². The van der Waals surface area contributed by atoms with Gasteiger partial charge < -0.3 is 15.7 Å². The first-order valence-corrected chi connectivity index (χ1v) is 7.13.